The van der Waals surface area contributed by atoms with Crippen molar-refractivity contribution in [1.82, 2.24) is 14.5 Å². The second kappa shape index (κ2) is 10.8. The first-order chi connectivity index (χ1) is 26.2. The quantitative estimate of drug-likeness (QED) is 0.180. The molecule has 0 amide bonds. The molecule has 2 aliphatic carbocycles. The van der Waals surface area contributed by atoms with Crippen LogP contribution in [0.15, 0.2) is 158 Å². The molecule has 4 heteroatoms. The molecule has 10 aromatic rings. The number of benzene rings is 7. The van der Waals surface area contributed by atoms with E-state index in [1.165, 1.54) is 69.5 Å². The van der Waals surface area contributed by atoms with Crippen LogP contribution in [-0.4, -0.2) is 14.5 Å². The molecule has 0 radical (unpaired) electrons. The number of hydrogen-bond acceptors (Lipinski definition) is 3. The lowest BCUT2D eigenvalue weighted by Gasteiger charge is -2.35. The van der Waals surface area contributed by atoms with Gasteiger partial charge in [-0.3, -0.25) is 4.57 Å². The lowest BCUT2D eigenvalue weighted by atomic mass is 9.68. The summed E-state index contributed by atoms with van der Waals surface area (Å²) in [4.78, 5) is 11.0. The summed E-state index contributed by atoms with van der Waals surface area (Å²) in [6.45, 7) is 2.35. The molecule has 3 aromatic heterocycles. The average molecular weight is 694 g/mol. The summed E-state index contributed by atoms with van der Waals surface area (Å²) in [7, 11) is 0. The molecule has 53 heavy (non-hydrogen) atoms. The van der Waals surface area contributed by atoms with E-state index in [9.17, 15) is 0 Å². The van der Waals surface area contributed by atoms with E-state index in [0.717, 1.165) is 39.1 Å². The first kappa shape index (κ1) is 29.2. The summed E-state index contributed by atoms with van der Waals surface area (Å²) in [6.07, 6.45) is 6.95. The minimum Gasteiger partial charge on any atom is -0.292 e. The van der Waals surface area contributed by atoms with E-state index in [0.29, 0.717) is 11.8 Å². The summed E-state index contributed by atoms with van der Waals surface area (Å²) in [5, 5.41) is 7.45. The maximum atomic E-state index is 5.55. The third-order valence-electron chi connectivity index (χ3n) is 11.6. The number of rotatable bonds is 2. The van der Waals surface area contributed by atoms with Gasteiger partial charge in [0, 0.05) is 42.4 Å². The molecule has 2 atom stereocenters. The van der Waals surface area contributed by atoms with Crippen molar-refractivity contribution < 1.29 is 0 Å². The molecule has 12 rings (SSSR count). The van der Waals surface area contributed by atoms with E-state index in [-0.39, 0.29) is 0 Å². The lowest BCUT2D eigenvalue weighted by Crippen LogP contribution is -2.18. The van der Waals surface area contributed by atoms with Gasteiger partial charge in [0.25, 0.3) is 0 Å². The largest absolute Gasteiger partial charge is 0.292 e. The Morgan fingerprint density at radius 1 is 0.604 bits per heavy atom. The lowest BCUT2D eigenvalue weighted by molar-refractivity contribution is 0.648. The molecule has 0 spiro atoms. The van der Waals surface area contributed by atoms with Gasteiger partial charge in [-0.1, -0.05) is 128 Å². The maximum absolute atomic E-state index is 5.55. The number of hydrogen-bond donors (Lipinski definition) is 0. The zero-order valence-electron chi connectivity index (χ0n) is 28.9. The topological polar surface area (TPSA) is 30.7 Å². The first-order valence-corrected chi connectivity index (χ1v) is 19.2. The summed E-state index contributed by atoms with van der Waals surface area (Å²) >= 11 is 1.84. The van der Waals surface area contributed by atoms with Crippen molar-refractivity contribution in [2.75, 3.05) is 0 Å². The first-order valence-electron chi connectivity index (χ1n) is 18.4. The smallest absolute Gasteiger partial charge is 0.165 e. The normalized spacial score (nSPS) is 16.4. The van der Waals surface area contributed by atoms with Crippen LogP contribution >= 0.6 is 11.3 Å². The molecule has 3 nitrogen and oxygen atoms in total. The van der Waals surface area contributed by atoms with Gasteiger partial charge in [0.2, 0.25) is 0 Å². The van der Waals surface area contributed by atoms with E-state index in [2.05, 4.69) is 169 Å². The summed E-state index contributed by atoms with van der Waals surface area (Å²) in [5.41, 5.74) is 12.8. The van der Waals surface area contributed by atoms with Crippen LogP contribution in [0.3, 0.4) is 0 Å². The Morgan fingerprint density at radius 2 is 1.34 bits per heavy atom. The number of thiophene rings is 1. The van der Waals surface area contributed by atoms with Gasteiger partial charge in [0.15, 0.2) is 5.82 Å². The number of fused-ring (bicyclic) bond motifs is 15. The highest BCUT2D eigenvalue weighted by molar-refractivity contribution is 7.26. The highest BCUT2D eigenvalue weighted by atomic mass is 32.1. The van der Waals surface area contributed by atoms with E-state index in [4.69, 9.17) is 9.97 Å². The molecule has 248 valence electrons. The number of aromatic nitrogens is 3. The van der Waals surface area contributed by atoms with Crippen LogP contribution in [0.1, 0.15) is 24.0 Å². The molecule has 0 saturated carbocycles. The molecule has 0 bridgehead atoms. The van der Waals surface area contributed by atoms with Crippen LogP contribution in [0.5, 0.6) is 0 Å². The second-order valence-electron chi connectivity index (χ2n) is 14.5. The van der Waals surface area contributed by atoms with E-state index < -0.39 is 0 Å². The van der Waals surface area contributed by atoms with Gasteiger partial charge in [-0.25, -0.2) is 9.97 Å². The number of para-hydroxylation sites is 2. The molecule has 0 aliphatic heterocycles. The fourth-order valence-electron chi connectivity index (χ4n) is 9.34. The van der Waals surface area contributed by atoms with E-state index >= 15 is 0 Å². The van der Waals surface area contributed by atoms with Crippen LogP contribution in [0.4, 0.5) is 0 Å². The molecule has 0 fully saturated rings. The predicted octanol–water partition coefficient (Wildman–Crippen LogP) is 13.3. The Bertz CT molecular complexity index is 3270. The summed E-state index contributed by atoms with van der Waals surface area (Å²) in [5.74, 6) is 1.59. The van der Waals surface area contributed by atoms with Gasteiger partial charge in [0.1, 0.15) is 5.69 Å². The van der Waals surface area contributed by atoms with Crippen LogP contribution < -0.4 is 0 Å². The number of nitrogens with zero attached hydrogens (tertiary/aromatic N) is 3. The van der Waals surface area contributed by atoms with Gasteiger partial charge >= 0.3 is 0 Å². The fraction of sp³-hybridized carbons (Fsp3) is 0.0612. The predicted molar refractivity (Wildman–Crippen MR) is 224 cm³/mol. The highest BCUT2D eigenvalue weighted by Crippen LogP contribution is 2.55. The van der Waals surface area contributed by atoms with Gasteiger partial charge in [-0.15, -0.1) is 11.3 Å². The van der Waals surface area contributed by atoms with Crippen LogP contribution in [-0.2, 0) is 0 Å². The van der Waals surface area contributed by atoms with Crippen molar-refractivity contribution >= 4 is 80.7 Å². The second-order valence-corrected chi connectivity index (χ2v) is 15.6. The third-order valence-corrected chi connectivity index (χ3v) is 12.9. The van der Waals surface area contributed by atoms with Crippen molar-refractivity contribution in [2.24, 2.45) is 5.92 Å². The standard InChI is InChI=1S/C49H31N3S/c1-28-12-10-18-33-35-24-25-41-46(45(35)34-17-5-4-16-32(34)44(28)33)38-26-29-13-2-3-14-30(29)27-42(38)52(41)49-47(50-39-21-7-8-22-40(39)51-49)37-20-11-19-36-31-15-6-9-23-43(31)53-48(36)37/h2-28,44H,1H3. The minimum atomic E-state index is 0.329. The fourth-order valence-corrected chi connectivity index (χ4v) is 10.6. The minimum absolute atomic E-state index is 0.329. The van der Waals surface area contributed by atoms with Crippen LogP contribution in [0, 0.1) is 5.92 Å². The zero-order chi connectivity index (χ0) is 34.8. The van der Waals surface area contributed by atoms with Crippen molar-refractivity contribution in [3.05, 3.63) is 169 Å². The molecular formula is C49H31N3S. The molecular weight excluding hydrogens is 663 g/mol. The Labute approximate surface area is 309 Å². The van der Waals surface area contributed by atoms with Crippen molar-refractivity contribution in [1.29, 1.82) is 0 Å². The van der Waals surface area contributed by atoms with Crippen LogP contribution in [0.25, 0.3) is 97.6 Å². The maximum Gasteiger partial charge on any atom is 0.165 e. The molecule has 7 aromatic carbocycles. The van der Waals surface area contributed by atoms with Gasteiger partial charge < -0.3 is 0 Å². The third kappa shape index (κ3) is 4.04. The zero-order valence-corrected chi connectivity index (χ0v) is 29.7. The van der Waals surface area contributed by atoms with Crippen molar-refractivity contribution in [3.8, 4) is 28.2 Å². The molecule has 0 saturated heterocycles. The van der Waals surface area contributed by atoms with Crippen LogP contribution in [0.2, 0.25) is 0 Å². The molecule has 0 N–H and O–H groups in total. The van der Waals surface area contributed by atoms with Crippen molar-refractivity contribution in [3.63, 3.8) is 0 Å². The number of allylic oxidation sites excluding steroid dienone is 4. The Balaban J connectivity index is 1.26. The highest BCUT2D eigenvalue weighted by Gasteiger charge is 2.35. The summed E-state index contributed by atoms with van der Waals surface area (Å²) < 4.78 is 4.91. The van der Waals surface area contributed by atoms with Gasteiger partial charge in [-0.2, -0.15) is 0 Å². The Kier molecular flexibility index (Phi) is 5.98. The average Bonchev–Trinajstić information content (AvgIpc) is 3.75. The Hall–Kier alpha value is -6.36. The van der Waals surface area contributed by atoms with Gasteiger partial charge in [0.05, 0.1) is 22.1 Å². The SMILES string of the molecule is CC1C=CC=C2c3ccc4c(c3-c3ccccc3C21)c1cc2ccccc2cc1n4-c1nc2ccccc2nc1-c1cccc2c1sc1ccccc12. The van der Waals surface area contributed by atoms with E-state index in [1.54, 1.807) is 0 Å². The van der Waals surface area contributed by atoms with Gasteiger partial charge in [-0.05, 0) is 80.9 Å². The van der Waals surface area contributed by atoms with E-state index in [1.807, 2.05) is 11.3 Å². The van der Waals surface area contributed by atoms with Crippen molar-refractivity contribution in [2.45, 2.75) is 12.8 Å². The monoisotopic (exact) mass is 693 g/mol. The Morgan fingerprint density at radius 3 is 2.25 bits per heavy atom. The molecule has 3 heterocycles. The molecule has 2 unspecified atom stereocenters. The molecule has 2 aliphatic rings. The summed E-state index contributed by atoms with van der Waals surface area (Å²) in [6, 6.07) is 50.9.